The Labute approximate surface area is 86.7 Å². The van der Waals surface area contributed by atoms with Crippen molar-refractivity contribution in [3.05, 3.63) is 0 Å². The van der Waals surface area contributed by atoms with Gasteiger partial charge in [-0.2, -0.15) is 0 Å². The van der Waals surface area contributed by atoms with Gasteiger partial charge in [0.2, 0.25) is 0 Å². The number of hydrogen-bond acceptors (Lipinski definition) is 4. The maximum absolute atomic E-state index is 5.69. The lowest BCUT2D eigenvalue weighted by Crippen LogP contribution is -2.51. The third-order valence-corrected chi connectivity index (χ3v) is 6.51. The lowest BCUT2D eigenvalue weighted by Gasteiger charge is -2.31. The first-order valence-electron chi connectivity index (χ1n) is 5.02. The van der Waals surface area contributed by atoms with Gasteiger partial charge in [0.05, 0.1) is 18.9 Å². The molecule has 1 rings (SSSR count). The fourth-order valence-electron chi connectivity index (χ4n) is 1.53. The van der Waals surface area contributed by atoms with Crippen molar-refractivity contribution in [2.75, 3.05) is 27.4 Å². The monoisotopic (exact) mass is 220 g/mol. The smallest absolute Gasteiger partial charge is 0.366 e. The highest BCUT2D eigenvalue weighted by Crippen LogP contribution is 2.20. The summed E-state index contributed by atoms with van der Waals surface area (Å²) in [6.45, 7) is 5.58. The summed E-state index contributed by atoms with van der Waals surface area (Å²) in [4.78, 5) is 0. The number of rotatable bonds is 7. The molecule has 0 bridgehead atoms. The van der Waals surface area contributed by atoms with Gasteiger partial charge in [-0.3, -0.25) is 0 Å². The van der Waals surface area contributed by atoms with E-state index in [2.05, 4.69) is 6.92 Å². The standard InChI is InChI=1S/C9H20O4Si/c1-5-14(10-3,11-4)8(2)12-6-9-7-13-9/h8-9H,5-7H2,1-4H3. The summed E-state index contributed by atoms with van der Waals surface area (Å²) < 4.78 is 21.8. The van der Waals surface area contributed by atoms with Crippen molar-refractivity contribution in [2.45, 2.75) is 31.7 Å². The third-order valence-electron chi connectivity index (χ3n) is 2.74. The molecule has 1 aliphatic heterocycles. The zero-order valence-electron chi connectivity index (χ0n) is 9.41. The minimum Gasteiger partial charge on any atom is -0.396 e. The van der Waals surface area contributed by atoms with E-state index >= 15 is 0 Å². The molecule has 1 heterocycles. The van der Waals surface area contributed by atoms with E-state index in [9.17, 15) is 0 Å². The minimum absolute atomic E-state index is 0.0479. The molecule has 0 aromatic rings. The van der Waals surface area contributed by atoms with Crippen molar-refractivity contribution in [3.63, 3.8) is 0 Å². The normalized spacial score (nSPS) is 23.6. The lowest BCUT2D eigenvalue weighted by atomic mass is 10.5. The Hall–Kier alpha value is 0.0569. The van der Waals surface area contributed by atoms with E-state index in [1.54, 1.807) is 14.2 Å². The molecule has 1 saturated heterocycles. The van der Waals surface area contributed by atoms with E-state index in [1.165, 1.54) is 0 Å². The van der Waals surface area contributed by atoms with Gasteiger partial charge in [0, 0.05) is 14.2 Å². The van der Waals surface area contributed by atoms with Crippen molar-refractivity contribution in [1.82, 2.24) is 0 Å². The predicted octanol–water partition coefficient (Wildman–Crippen LogP) is 1.08. The molecule has 0 spiro atoms. The summed E-state index contributed by atoms with van der Waals surface area (Å²) in [7, 11) is 1.26. The summed E-state index contributed by atoms with van der Waals surface area (Å²) >= 11 is 0. The van der Waals surface area contributed by atoms with E-state index in [0.29, 0.717) is 12.7 Å². The van der Waals surface area contributed by atoms with Crippen LogP contribution in [0.2, 0.25) is 6.04 Å². The van der Waals surface area contributed by atoms with Gasteiger partial charge in [-0.05, 0) is 13.0 Å². The van der Waals surface area contributed by atoms with E-state index in [0.717, 1.165) is 12.7 Å². The van der Waals surface area contributed by atoms with Gasteiger partial charge < -0.3 is 18.3 Å². The van der Waals surface area contributed by atoms with Crippen LogP contribution in [-0.4, -0.2) is 47.8 Å². The van der Waals surface area contributed by atoms with Gasteiger partial charge in [0.15, 0.2) is 0 Å². The van der Waals surface area contributed by atoms with Crippen molar-refractivity contribution < 1.29 is 18.3 Å². The molecule has 0 radical (unpaired) electrons. The van der Waals surface area contributed by atoms with E-state index < -0.39 is 8.56 Å². The highest BCUT2D eigenvalue weighted by atomic mass is 28.4. The molecular weight excluding hydrogens is 200 g/mol. The van der Waals surface area contributed by atoms with Crippen molar-refractivity contribution in [3.8, 4) is 0 Å². The average molecular weight is 220 g/mol. The van der Waals surface area contributed by atoms with Crippen molar-refractivity contribution in [2.24, 2.45) is 0 Å². The van der Waals surface area contributed by atoms with Crippen molar-refractivity contribution >= 4 is 8.56 Å². The van der Waals surface area contributed by atoms with Crippen LogP contribution < -0.4 is 0 Å². The van der Waals surface area contributed by atoms with Crippen LogP contribution >= 0.6 is 0 Å². The quantitative estimate of drug-likeness (QED) is 0.475. The molecule has 1 fully saturated rings. The number of ether oxygens (including phenoxy) is 2. The Morgan fingerprint density at radius 1 is 1.43 bits per heavy atom. The Morgan fingerprint density at radius 3 is 2.36 bits per heavy atom. The molecule has 0 aliphatic carbocycles. The first-order valence-corrected chi connectivity index (χ1v) is 7.12. The SMILES string of the molecule is CC[Si](OC)(OC)C(C)OCC1CO1. The van der Waals surface area contributed by atoms with Gasteiger partial charge in [-0.15, -0.1) is 0 Å². The molecule has 4 nitrogen and oxygen atoms in total. The van der Waals surface area contributed by atoms with Gasteiger partial charge in [-0.25, -0.2) is 0 Å². The summed E-state index contributed by atoms with van der Waals surface area (Å²) in [5, 5.41) is 0. The van der Waals surface area contributed by atoms with Gasteiger partial charge in [0.1, 0.15) is 6.10 Å². The maximum Gasteiger partial charge on any atom is 0.366 e. The molecule has 0 N–H and O–H groups in total. The van der Waals surface area contributed by atoms with Gasteiger partial charge in [-0.1, -0.05) is 6.92 Å². The second kappa shape index (κ2) is 5.23. The van der Waals surface area contributed by atoms with Crippen LogP contribution in [0.5, 0.6) is 0 Å². The van der Waals surface area contributed by atoms with Crippen LogP contribution in [0, 0.1) is 0 Å². The molecule has 2 atom stereocenters. The molecule has 0 amide bonds. The van der Waals surface area contributed by atoms with Crippen LogP contribution in [-0.2, 0) is 18.3 Å². The molecule has 0 aromatic carbocycles. The second-order valence-electron chi connectivity index (χ2n) is 3.50. The third kappa shape index (κ3) is 2.77. The summed E-state index contributed by atoms with van der Waals surface area (Å²) in [5.41, 5.74) is 0.0479. The summed E-state index contributed by atoms with van der Waals surface area (Å²) in [6.07, 6.45) is 0.301. The van der Waals surface area contributed by atoms with Crippen molar-refractivity contribution in [1.29, 1.82) is 0 Å². The van der Waals surface area contributed by atoms with Gasteiger partial charge in [0.25, 0.3) is 0 Å². The van der Waals surface area contributed by atoms with Crippen LogP contribution in [0.15, 0.2) is 0 Å². The zero-order valence-corrected chi connectivity index (χ0v) is 10.4. The predicted molar refractivity (Wildman–Crippen MR) is 55.4 cm³/mol. The summed E-state index contributed by atoms with van der Waals surface area (Å²) in [5.74, 6) is 0. The fourth-order valence-corrected chi connectivity index (χ4v) is 3.87. The zero-order chi connectivity index (χ0) is 10.6. The van der Waals surface area contributed by atoms with E-state index in [4.69, 9.17) is 18.3 Å². The van der Waals surface area contributed by atoms with Gasteiger partial charge >= 0.3 is 8.56 Å². The van der Waals surface area contributed by atoms with Crippen LogP contribution in [0.4, 0.5) is 0 Å². The molecule has 2 unspecified atom stereocenters. The minimum atomic E-state index is -2.14. The number of epoxide rings is 1. The molecule has 5 heteroatoms. The van der Waals surface area contributed by atoms with Crippen LogP contribution in [0.3, 0.4) is 0 Å². The fraction of sp³-hybridized carbons (Fsp3) is 1.00. The Morgan fingerprint density at radius 2 is 2.00 bits per heavy atom. The van der Waals surface area contributed by atoms with Crippen LogP contribution in [0.25, 0.3) is 0 Å². The molecule has 84 valence electrons. The molecular formula is C9H20O4Si. The lowest BCUT2D eigenvalue weighted by molar-refractivity contribution is 0.0585. The van der Waals surface area contributed by atoms with E-state index in [1.807, 2.05) is 6.92 Å². The first-order chi connectivity index (χ1) is 6.68. The Kier molecular flexibility index (Phi) is 4.53. The molecule has 0 aromatic heterocycles. The highest BCUT2D eigenvalue weighted by molar-refractivity contribution is 6.68. The van der Waals surface area contributed by atoms with E-state index in [-0.39, 0.29) is 5.73 Å². The molecule has 0 saturated carbocycles. The maximum atomic E-state index is 5.69. The highest BCUT2D eigenvalue weighted by Gasteiger charge is 2.42. The molecule has 1 aliphatic rings. The second-order valence-corrected chi connectivity index (χ2v) is 7.46. The molecule has 14 heavy (non-hydrogen) atoms. The first kappa shape index (κ1) is 12.1. The average Bonchev–Trinajstić information content (AvgIpc) is 3.02. The Balaban J connectivity index is 2.39. The number of hydrogen-bond donors (Lipinski definition) is 0. The van der Waals surface area contributed by atoms with Crippen LogP contribution in [0.1, 0.15) is 13.8 Å². The topological polar surface area (TPSA) is 40.2 Å². The Bertz CT molecular complexity index is 160. The summed E-state index contributed by atoms with van der Waals surface area (Å²) in [6, 6.07) is 0.896. The largest absolute Gasteiger partial charge is 0.396 e.